The molecule has 0 spiro atoms. The number of hydrogen-bond acceptors (Lipinski definition) is 8. The molecule has 0 aliphatic rings. The number of nitrogens with zero attached hydrogens (tertiary/aromatic N) is 2. The third-order valence-electron chi connectivity index (χ3n) is 4.49. The molecule has 14 nitrogen and oxygen atoms in total. The van der Waals surface area contributed by atoms with E-state index in [4.69, 9.17) is 15.9 Å². The molecule has 0 fully saturated rings. The molecule has 0 radical (unpaired) electrons. The van der Waals surface area contributed by atoms with Crippen molar-refractivity contribution in [2.75, 3.05) is 6.61 Å². The lowest BCUT2D eigenvalue weighted by Crippen LogP contribution is -2.58. The maximum Gasteiger partial charge on any atom is 0.325 e. The number of aromatic amines is 2. The van der Waals surface area contributed by atoms with Gasteiger partial charge in [-0.15, -0.1) is 0 Å². The lowest BCUT2D eigenvalue weighted by molar-refractivity contribution is -0.141. The summed E-state index contributed by atoms with van der Waals surface area (Å²) in [7, 11) is 0. The number of imidazole rings is 2. The van der Waals surface area contributed by atoms with E-state index in [1.165, 1.54) is 32.0 Å². The van der Waals surface area contributed by atoms with Gasteiger partial charge in [0.25, 0.3) is 0 Å². The van der Waals surface area contributed by atoms with Crippen LogP contribution in [0.5, 0.6) is 0 Å². The van der Waals surface area contributed by atoms with Crippen LogP contribution in [-0.2, 0) is 32.0 Å². The van der Waals surface area contributed by atoms with Gasteiger partial charge in [-0.3, -0.25) is 19.2 Å². The van der Waals surface area contributed by atoms with Gasteiger partial charge >= 0.3 is 5.97 Å². The summed E-state index contributed by atoms with van der Waals surface area (Å²) in [4.78, 5) is 62.2. The van der Waals surface area contributed by atoms with Crippen LogP contribution in [0, 0.1) is 0 Å². The van der Waals surface area contributed by atoms with Gasteiger partial charge in [-0.25, -0.2) is 9.97 Å². The normalized spacial score (nSPS) is 14.6. The number of carboxylic acid groups (broad SMARTS) is 1. The maximum atomic E-state index is 13.0. The molecule has 0 aliphatic heterocycles. The van der Waals surface area contributed by atoms with Crippen LogP contribution in [0.3, 0.4) is 0 Å². The molecular formula is C18H26N8O6. The average Bonchev–Trinajstić information content (AvgIpc) is 3.46. The van der Waals surface area contributed by atoms with Gasteiger partial charge in [-0.05, 0) is 6.92 Å². The van der Waals surface area contributed by atoms with Crippen molar-refractivity contribution in [3.8, 4) is 0 Å². The Morgan fingerprint density at radius 2 is 1.41 bits per heavy atom. The molecular weight excluding hydrogens is 424 g/mol. The zero-order valence-electron chi connectivity index (χ0n) is 17.2. The SMILES string of the molecule is CC(NC(=O)C(Cc1cnc[nH]1)NC(=O)C(Cc1cnc[nH]1)NC(=O)C(N)CO)C(=O)O. The first-order chi connectivity index (χ1) is 15.2. The number of nitrogens with two attached hydrogens (primary N) is 1. The number of aromatic nitrogens is 4. The van der Waals surface area contributed by atoms with Crippen LogP contribution in [-0.4, -0.2) is 84.6 Å². The quantitative estimate of drug-likeness (QED) is 0.162. The van der Waals surface area contributed by atoms with Crippen molar-refractivity contribution in [1.29, 1.82) is 0 Å². The van der Waals surface area contributed by atoms with Crippen molar-refractivity contribution < 1.29 is 29.4 Å². The van der Waals surface area contributed by atoms with Gasteiger partial charge in [0.15, 0.2) is 0 Å². The zero-order chi connectivity index (χ0) is 23.7. The minimum atomic E-state index is -1.24. The van der Waals surface area contributed by atoms with E-state index in [1.807, 2.05) is 0 Å². The number of carbonyl (C=O) groups is 4. The van der Waals surface area contributed by atoms with Crippen molar-refractivity contribution in [2.45, 2.75) is 43.9 Å². The first-order valence-corrected chi connectivity index (χ1v) is 9.66. The van der Waals surface area contributed by atoms with Crippen molar-refractivity contribution in [3.05, 3.63) is 36.4 Å². The Labute approximate surface area is 182 Å². The van der Waals surface area contributed by atoms with Crippen LogP contribution in [0.15, 0.2) is 25.0 Å². The molecule has 2 aromatic heterocycles. The zero-order valence-corrected chi connectivity index (χ0v) is 17.2. The first-order valence-electron chi connectivity index (χ1n) is 9.66. The van der Waals surface area contributed by atoms with Crippen molar-refractivity contribution >= 4 is 23.7 Å². The predicted octanol–water partition coefficient (Wildman–Crippen LogP) is -3.20. The minimum Gasteiger partial charge on any atom is -0.480 e. The fraction of sp³-hybridized carbons (Fsp3) is 0.444. The molecule has 2 rings (SSSR count). The molecule has 0 saturated heterocycles. The summed E-state index contributed by atoms with van der Waals surface area (Å²) in [5, 5.41) is 25.4. The van der Waals surface area contributed by atoms with E-state index in [1.54, 1.807) is 0 Å². The summed E-state index contributed by atoms with van der Waals surface area (Å²) in [5.74, 6) is -3.46. The second kappa shape index (κ2) is 11.6. The van der Waals surface area contributed by atoms with E-state index in [9.17, 15) is 19.2 Å². The summed E-state index contributed by atoms with van der Waals surface area (Å²) < 4.78 is 0. The summed E-state index contributed by atoms with van der Waals surface area (Å²) in [5.41, 5.74) is 6.56. The Morgan fingerprint density at radius 1 is 0.938 bits per heavy atom. The number of rotatable bonds is 12. The van der Waals surface area contributed by atoms with Crippen molar-refractivity contribution in [3.63, 3.8) is 0 Å². The Hall–Kier alpha value is -3.78. The van der Waals surface area contributed by atoms with E-state index < -0.39 is 54.5 Å². The van der Waals surface area contributed by atoms with Crippen LogP contribution in [0.25, 0.3) is 0 Å². The van der Waals surface area contributed by atoms with E-state index in [2.05, 4.69) is 35.9 Å². The van der Waals surface area contributed by atoms with E-state index in [0.29, 0.717) is 11.4 Å². The number of amides is 3. The van der Waals surface area contributed by atoms with Gasteiger partial charge in [0.1, 0.15) is 24.2 Å². The first kappa shape index (κ1) is 24.5. The molecule has 0 saturated carbocycles. The molecule has 0 aromatic carbocycles. The summed E-state index contributed by atoms with van der Waals surface area (Å²) in [6, 6.07) is -4.76. The van der Waals surface area contributed by atoms with Crippen LogP contribution in [0.2, 0.25) is 0 Å². The van der Waals surface area contributed by atoms with Gasteiger partial charge in [-0.1, -0.05) is 0 Å². The molecule has 0 bridgehead atoms. The number of carbonyl (C=O) groups excluding carboxylic acids is 3. The summed E-state index contributed by atoms with van der Waals surface area (Å²) in [6.45, 7) is 0.662. The fourth-order valence-electron chi connectivity index (χ4n) is 2.66. The summed E-state index contributed by atoms with van der Waals surface area (Å²) in [6.07, 6.45) is 5.69. The molecule has 0 aliphatic carbocycles. The smallest absolute Gasteiger partial charge is 0.325 e. The predicted molar refractivity (Wildman–Crippen MR) is 109 cm³/mol. The number of aliphatic hydroxyl groups excluding tert-OH is 1. The second-order valence-corrected chi connectivity index (χ2v) is 7.04. The van der Waals surface area contributed by atoms with Crippen LogP contribution in [0.1, 0.15) is 18.3 Å². The van der Waals surface area contributed by atoms with Gasteiger partial charge in [-0.2, -0.15) is 0 Å². The molecule has 4 unspecified atom stereocenters. The highest BCUT2D eigenvalue weighted by Crippen LogP contribution is 2.04. The van der Waals surface area contributed by atoms with Gasteiger partial charge in [0.2, 0.25) is 17.7 Å². The number of nitrogens with one attached hydrogen (secondary N) is 5. The lowest BCUT2D eigenvalue weighted by atomic mass is 10.1. The Bertz CT molecular complexity index is 901. The molecule has 9 N–H and O–H groups in total. The van der Waals surface area contributed by atoms with E-state index in [-0.39, 0.29) is 12.8 Å². The van der Waals surface area contributed by atoms with Crippen molar-refractivity contribution in [1.82, 2.24) is 35.9 Å². The second-order valence-electron chi connectivity index (χ2n) is 7.04. The number of aliphatic hydroxyl groups is 1. The van der Waals surface area contributed by atoms with E-state index >= 15 is 0 Å². The van der Waals surface area contributed by atoms with Crippen LogP contribution >= 0.6 is 0 Å². The number of hydrogen-bond donors (Lipinski definition) is 8. The monoisotopic (exact) mass is 450 g/mol. The lowest BCUT2D eigenvalue weighted by Gasteiger charge is -2.24. The number of carboxylic acids is 1. The third kappa shape index (κ3) is 7.17. The topological polar surface area (TPSA) is 228 Å². The largest absolute Gasteiger partial charge is 0.480 e. The Balaban J connectivity index is 2.19. The van der Waals surface area contributed by atoms with Crippen LogP contribution in [0.4, 0.5) is 0 Å². The maximum absolute atomic E-state index is 13.0. The molecule has 14 heteroatoms. The van der Waals surface area contributed by atoms with E-state index in [0.717, 1.165) is 0 Å². The molecule has 2 aromatic rings. The highest BCUT2D eigenvalue weighted by Gasteiger charge is 2.30. The van der Waals surface area contributed by atoms with Crippen LogP contribution < -0.4 is 21.7 Å². The molecule has 2 heterocycles. The van der Waals surface area contributed by atoms with Gasteiger partial charge in [0.05, 0.1) is 19.3 Å². The standard InChI is InChI=1S/C18H26N8O6/c1-9(18(31)32)24-16(29)13(2-10-4-20-7-22-10)26-17(30)14(3-11-5-21-8-23-11)25-15(28)12(19)6-27/h4-5,7-9,12-14,27H,2-3,6,19H2,1H3,(H,20,22)(H,21,23)(H,24,29)(H,25,28)(H,26,30)(H,31,32). The average molecular weight is 450 g/mol. The van der Waals surface area contributed by atoms with Gasteiger partial charge in [0, 0.05) is 36.6 Å². The highest BCUT2D eigenvalue weighted by atomic mass is 16.4. The Morgan fingerprint density at radius 3 is 1.81 bits per heavy atom. The molecule has 4 atom stereocenters. The highest BCUT2D eigenvalue weighted by molar-refractivity contribution is 5.94. The molecule has 174 valence electrons. The van der Waals surface area contributed by atoms with Gasteiger partial charge < -0.3 is 41.9 Å². The fourth-order valence-corrected chi connectivity index (χ4v) is 2.66. The van der Waals surface area contributed by atoms with Crippen molar-refractivity contribution in [2.24, 2.45) is 5.73 Å². The minimum absolute atomic E-state index is 0.000350. The Kier molecular flexibility index (Phi) is 8.85. The number of H-pyrrole nitrogens is 2. The number of aliphatic carboxylic acids is 1. The summed E-state index contributed by atoms with van der Waals surface area (Å²) >= 11 is 0. The molecule has 32 heavy (non-hydrogen) atoms. The third-order valence-corrected chi connectivity index (χ3v) is 4.49. The molecule has 3 amide bonds.